The largest absolute Gasteiger partial charge is 0.394 e. The maximum Gasteiger partial charge on any atom is 0.227 e. The number of anilines is 2. The van der Waals surface area contributed by atoms with Crippen molar-refractivity contribution in [1.29, 1.82) is 0 Å². The second-order valence-corrected chi connectivity index (χ2v) is 7.75. The predicted molar refractivity (Wildman–Crippen MR) is 108 cm³/mol. The number of hydrogen-bond acceptors (Lipinski definition) is 8. The van der Waals surface area contributed by atoms with Gasteiger partial charge < -0.3 is 24.3 Å². The number of piperazine rings is 1. The molecular weight excluding hydrogens is 372 g/mol. The van der Waals surface area contributed by atoms with Crippen LogP contribution in [0.15, 0.2) is 16.9 Å². The van der Waals surface area contributed by atoms with Gasteiger partial charge in [-0.1, -0.05) is 5.16 Å². The number of carbonyl (C=O) groups excluding carboxylic acids is 1. The van der Waals surface area contributed by atoms with Gasteiger partial charge in [0.15, 0.2) is 0 Å². The molecule has 0 bridgehead atoms. The van der Waals surface area contributed by atoms with Crippen molar-refractivity contribution in [3.05, 3.63) is 29.4 Å². The SMILES string of the molecule is Cc1noc(C)c1CC(=O)N1CCN(c2cc(N3CCCC3CO)ncn2)CC1. The number of aromatic nitrogens is 3. The molecule has 0 aliphatic carbocycles. The van der Waals surface area contributed by atoms with Crippen molar-refractivity contribution in [3.8, 4) is 0 Å². The van der Waals surface area contributed by atoms with Crippen molar-refractivity contribution in [1.82, 2.24) is 20.0 Å². The Labute approximate surface area is 170 Å². The summed E-state index contributed by atoms with van der Waals surface area (Å²) in [5.74, 6) is 2.55. The number of amides is 1. The zero-order valence-corrected chi connectivity index (χ0v) is 17.0. The quantitative estimate of drug-likeness (QED) is 0.792. The lowest BCUT2D eigenvalue weighted by Crippen LogP contribution is -2.49. The van der Waals surface area contributed by atoms with Gasteiger partial charge in [0.25, 0.3) is 0 Å². The molecule has 29 heavy (non-hydrogen) atoms. The van der Waals surface area contributed by atoms with Crippen LogP contribution in [0, 0.1) is 13.8 Å². The van der Waals surface area contributed by atoms with Gasteiger partial charge in [-0.05, 0) is 26.7 Å². The summed E-state index contributed by atoms with van der Waals surface area (Å²) in [7, 11) is 0. The Bertz CT molecular complexity index is 842. The summed E-state index contributed by atoms with van der Waals surface area (Å²) in [6, 6.07) is 2.13. The van der Waals surface area contributed by atoms with E-state index in [0.717, 1.165) is 55.4 Å². The first kappa shape index (κ1) is 19.6. The van der Waals surface area contributed by atoms with Crippen LogP contribution in [0.25, 0.3) is 0 Å². The van der Waals surface area contributed by atoms with Crippen LogP contribution in [0.1, 0.15) is 29.9 Å². The fourth-order valence-electron chi connectivity index (χ4n) is 4.20. The fraction of sp³-hybridized carbons (Fsp3) is 0.600. The molecule has 4 rings (SSSR count). The molecule has 2 aromatic heterocycles. The minimum absolute atomic E-state index is 0.102. The maximum atomic E-state index is 12.7. The van der Waals surface area contributed by atoms with Crippen molar-refractivity contribution in [3.63, 3.8) is 0 Å². The molecule has 1 N–H and O–H groups in total. The number of rotatable bonds is 5. The van der Waals surface area contributed by atoms with Crippen molar-refractivity contribution in [2.75, 3.05) is 49.1 Å². The smallest absolute Gasteiger partial charge is 0.227 e. The Morgan fingerprint density at radius 2 is 1.93 bits per heavy atom. The molecule has 2 aromatic rings. The molecule has 1 atom stereocenters. The van der Waals surface area contributed by atoms with E-state index in [-0.39, 0.29) is 18.6 Å². The fourth-order valence-corrected chi connectivity index (χ4v) is 4.20. The first-order valence-electron chi connectivity index (χ1n) is 10.2. The highest BCUT2D eigenvalue weighted by molar-refractivity contribution is 5.79. The Balaban J connectivity index is 1.37. The molecule has 1 amide bonds. The third-order valence-electron chi connectivity index (χ3n) is 5.99. The van der Waals surface area contributed by atoms with E-state index < -0.39 is 0 Å². The molecule has 9 nitrogen and oxygen atoms in total. The highest BCUT2D eigenvalue weighted by Gasteiger charge is 2.27. The third kappa shape index (κ3) is 4.05. The Morgan fingerprint density at radius 1 is 1.17 bits per heavy atom. The molecule has 156 valence electrons. The van der Waals surface area contributed by atoms with Gasteiger partial charge in [-0.15, -0.1) is 0 Å². The highest BCUT2D eigenvalue weighted by atomic mass is 16.5. The summed E-state index contributed by atoms with van der Waals surface area (Å²) in [4.78, 5) is 27.8. The summed E-state index contributed by atoms with van der Waals surface area (Å²) in [6.07, 6.45) is 3.97. The van der Waals surface area contributed by atoms with Crippen LogP contribution in [-0.4, -0.2) is 76.4 Å². The number of aliphatic hydroxyl groups is 1. The Hall–Kier alpha value is -2.68. The van der Waals surface area contributed by atoms with Gasteiger partial charge in [0.05, 0.1) is 24.8 Å². The van der Waals surface area contributed by atoms with Crippen LogP contribution in [0.4, 0.5) is 11.6 Å². The van der Waals surface area contributed by atoms with E-state index in [2.05, 4.69) is 24.9 Å². The lowest BCUT2D eigenvalue weighted by Gasteiger charge is -2.36. The number of aryl methyl sites for hydroxylation is 2. The lowest BCUT2D eigenvalue weighted by molar-refractivity contribution is -0.130. The van der Waals surface area contributed by atoms with E-state index in [1.54, 1.807) is 6.33 Å². The second-order valence-electron chi connectivity index (χ2n) is 7.75. The van der Waals surface area contributed by atoms with Crippen molar-refractivity contribution < 1.29 is 14.4 Å². The van der Waals surface area contributed by atoms with E-state index in [4.69, 9.17) is 4.52 Å². The molecule has 0 spiro atoms. The molecular formula is C20H28N6O3. The van der Waals surface area contributed by atoms with E-state index >= 15 is 0 Å². The lowest BCUT2D eigenvalue weighted by atomic mass is 10.1. The second kappa shape index (κ2) is 8.36. The number of nitrogens with zero attached hydrogens (tertiary/aromatic N) is 6. The molecule has 2 aliphatic heterocycles. The van der Waals surface area contributed by atoms with E-state index in [1.165, 1.54) is 0 Å². The zero-order chi connectivity index (χ0) is 20.4. The van der Waals surface area contributed by atoms with Crippen molar-refractivity contribution >= 4 is 17.5 Å². The summed E-state index contributed by atoms with van der Waals surface area (Å²) < 4.78 is 5.16. The summed E-state index contributed by atoms with van der Waals surface area (Å²) in [6.45, 7) is 7.53. The third-order valence-corrected chi connectivity index (χ3v) is 5.99. The highest BCUT2D eigenvalue weighted by Crippen LogP contribution is 2.26. The summed E-state index contributed by atoms with van der Waals surface area (Å²) in [5, 5.41) is 13.5. The molecule has 0 saturated carbocycles. The van der Waals surface area contributed by atoms with Gasteiger partial charge in [-0.2, -0.15) is 0 Å². The van der Waals surface area contributed by atoms with Crippen LogP contribution in [0.5, 0.6) is 0 Å². The average molecular weight is 400 g/mol. The maximum absolute atomic E-state index is 12.7. The first-order valence-corrected chi connectivity index (χ1v) is 10.2. The van der Waals surface area contributed by atoms with E-state index in [0.29, 0.717) is 25.3 Å². The monoisotopic (exact) mass is 400 g/mol. The number of aliphatic hydroxyl groups excluding tert-OH is 1. The standard InChI is InChI=1S/C20H28N6O3/c1-14-17(15(2)29-23-14)10-20(28)25-8-6-24(7-9-25)18-11-19(22-13-21-18)26-5-3-4-16(26)12-27/h11,13,16,27H,3-10,12H2,1-2H3. The summed E-state index contributed by atoms with van der Waals surface area (Å²) in [5.41, 5.74) is 1.67. The molecule has 1 unspecified atom stereocenters. The van der Waals surface area contributed by atoms with Crippen LogP contribution >= 0.6 is 0 Å². The Kier molecular flexibility index (Phi) is 5.66. The number of carbonyl (C=O) groups is 1. The normalized spacial score (nSPS) is 19.8. The predicted octanol–water partition coefficient (Wildman–Crippen LogP) is 0.934. The van der Waals surface area contributed by atoms with Gasteiger partial charge in [0, 0.05) is 44.4 Å². The van der Waals surface area contributed by atoms with Crippen LogP contribution in [0.2, 0.25) is 0 Å². The number of hydrogen-bond donors (Lipinski definition) is 1. The van der Waals surface area contributed by atoms with Crippen molar-refractivity contribution in [2.24, 2.45) is 0 Å². The molecule has 4 heterocycles. The van der Waals surface area contributed by atoms with Crippen LogP contribution < -0.4 is 9.80 Å². The molecule has 0 radical (unpaired) electrons. The van der Waals surface area contributed by atoms with Crippen molar-refractivity contribution in [2.45, 2.75) is 39.2 Å². The van der Waals surface area contributed by atoms with Gasteiger partial charge in [-0.25, -0.2) is 9.97 Å². The topological polar surface area (TPSA) is 98.8 Å². The van der Waals surface area contributed by atoms with Gasteiger partial charge in [0.2, 0.25) is 5.91 Å². The molecule has 2 fully saturated rings. The van der Waals surface area contributed by atoms with Gasteiger partial charge >= 0.3 is 0 Å². The van der Waals surface area contributed by atoms with Gasteiger partial charge in [-0.3, -0.25) is 4.79 Å². The Morgan fingerprint density at radius 3 is 2.62 bits per heavy atom. The first-order chi connectivity index (χ1) is 14.1. The average Bonchev–Trinajstić information content (AvgIpc) is 3.36. The minimum Gasteiger partial charge on any atom is -0.394 e. The molecule has 2 saturated heterocycles. The zero-order valence-electron chi connectivity index (χ0n) is 17.0. The molecule has 0 aromatic carbocycles. The minimum atomic E-state index is 0.102. The van der Waals surface area contributed by atoms with Crippen LogP contribution in [0.3, 0.4) is 0 Å². The molecule has 2 aliphatic rings. The van der Waals surface area contributed by atoms with Crippen LogP contribution in [-0.2, 0) is 11.2 Å². The van der Waals surface area contributed by atoms with Gasteiger partial charge in [0.1, 0.15) is 23.7 Å². The van der Waals surface area contributed by atoms with E-state index in [9.17, 15) is 9.90 Å². The van der Waals surface area contributed by atoms with E-state index in [1.807, 2.05) is 24.8 Å². The summed E-state index contributed by atoms with van der Waals surface area (Å²) >= 11 is 0. The molecule has 9 heteroatoms.